The molecule has 0 bridgehead atoms. The molecular weight excluding hydrogens is 416 g/mol. The number of aromatic nitrogens is 1. The predicted octanol–water partition coefficient (Wildman–Crippen LogP) is 3.37. The van der Waals surface area contributed by atoms with Crippen LogP contribution in [-0.2, 0) is 26.2 Å². The van der Waals surface area contributed by atoms with Gasteiger partial charge < -0.3 is 9.84 Å². The van der Waals surface area contributed by atoms with E-state index in [-0.39, 0.29) is 13.0 Å². The topological polar surface area (TPSA) is 106 Å². The molecule has 0 saturated carbocycles. The van der Waals surface area contributed by atoms with Crippen LogP contribution in [-0.4, -0.2) is 35.5 Å². The zero-order valence-electron chi connectivity index (χ0n) is 17.4. The molecule has 0 saturated heterocycles. The van der Waals surface area contributed by atoms with Crippen molar-refractivity contribution in [2.45, 2.75) is 37.9 Å². The van der Waals surface area contributed by atoms with E-state index < -0.39 is 32.9 Å². The smallest absolute Gasteiger partial charge is 0.321 e. The maximum absolute atomic E-state index is 13.4. The van der Waals surface area contributed by atoms with E-state index in [4.69, 9.17) is 4.74 Å². The summed E-state index contributed by atoms with van der Waals surface area (Å²) in [5.74, 6) is -1.67. The summed E-state index contributed by atoms with van der Waals surface area (Å²) in [6.45, 7) is 3.30. The number of aliphatic carboxylic acids is 1. The summed E-state index contributed by atoms with van der Waals surface area (Å²) in [6.07, 6.45) is 8.24. The van der Waals surface area contributed by atoms with Crippen molar-refractivity contribution in [3.8, 4) is 0 Å². The van der Waals surface area contributed by atoms with Crippen molar-refractivity contribution in [1.82, 2.24) is 9.71 Å². The van der Waals surface area contributed by atoms with Crippen LogP contribution in [0.5, 0.6) is 0 Å². The summed E-state index contributed by atoms with van der Waals surface area (Å²) in [4.78, 5) is 13.9. The predicted molar refractivity (Wildman–Crippen MR) is 118 cm³/mol. The van der Waals surface area contributed by atoms with Gasteiger partial charge in [0.15, 0.2) is 0 Å². The van der Waals surface area contributed by atoms with Gasteiger partial charge in [-0.2, -0.15) is 4.72 Å². The minimum atomic E-state index is -4.21. The van der Waals surface area contributed by atoms with E-state index in [2.05, 4.69) is 9.71 Å². The quantitative estimate of drug-likeness (QED) is 0.617. The van der Waals surface area contributed by atoms with E-state index in [0.717, 1.165) is 11.1 Å². The maximum atomic E-state index is 13.4. The second kappa shape index (κ2) is 9.55. The molecule has 3 rings (SSSR count). The highest BCUT2D eigenvalue weighted by Gasteiger charge is 2.45. The lowest BCUT2D eigenvalue weighted by molar-refractivity contribution is -0.140. The van der Waals surface area contributed by atoms with Crippen molar-refractivity contribution in [2.75, 3.05) is 0 Å². The summed E-state index contributed by atoms with van der Waals surface area (Å²) in [7, 11) is -4.21. The van der Waals surface area contributed by atoms with Crippen molar-refractivity contribution in [1.29, 1.82) is 0 Å². The summed E-state index contributed by atoms with van der Waals surface area (Å²) in [5.41, 5.74) is 2.53. The SMILES string of the molecule is CC(C)C(NS(=O)(=O)C1(OCc2cccnc2)C=CC(c2ccccc2)=CC1)C(=O)O. The van der Waals surface area contributed by atoms with E-state index in [9.17, 15) is 18.3 Å². The number of carboxylic acid groups (broad SMARTS) is 1. The molecule has 2 atom stereocenters. The van der Waals surface area contributed by atoms with Gasteiger partial charge in [-0.15, -0.1) is 0 Å². The molecule has 31 heavy (non-hydrogen) atoms. The number of carboxylic acids is 1. The molecule has 7 nitrogen and oxygen atoms in total. The second-order valence-corrected chi connectivity index (χ2v) is 9.64. The van der Waals surface area contributed by atoms with Gasteiger partial charge >= 0.3 is 5.97 Å². The first-order valence-corrected chi connectivity index (χ1v) is 11.4. The third kappa shape index (κ3) is 5.28. The number of hydrogen-bond donors (Lipinski definition) is 2. The highest BCUT2D eigenvalue weighted by Crippen LogP contribution is 2.34. The van der Waals surface area contributed by atoms with Gasteiger partial charge in [0.05, 0.1) is 6.61 Å². The van der Waals surface area contributed by atoms with E-state index in [1.165, 1.54) is 6.08 Å². The summed E-state index contributed by atoms with van der Waals surface area (Å²) < 4.78 is 35.1. The average molecular weight is 443 g/mol. The Balaban J connectivity index is 1.92. The van der Waals surface area contributed by atoms with Gasteiger partial charge in [-0.05, 0) is 34.8 Å². The molecule has 0 fully saturated rings. The minimum Gasteiger partial charge on any atom is -0.480 e. The zero-order valence-corrected chi connectivity index (χ0v) is 18.2. The van der Waals surface area contributed by atoms with Gasteiger partial charge in [-0.25, -0.2) is 8.42 Å². The van der Waals surface area contributed by atoms with Crippen LogP contribution in [0, 0.1) is 5.92 Å². The Hall–Kier alpha value is -2.81. The van der Waals surface area contributed by atoms with Gasteiger partial charge in [0.1, 0.15) is 6.04 Å². The molecular formula is C23H26N2O5S. The van der Waals surface area contributed by atoms with Gasteiger partial charge in [0.25, 0.3) is 0 Å². The largest absolute Gasteiger partial charge is 0.480 e. The standard InChI is InChI=1S/C23H26N2O5S/c1-17(2)21(22(26)27)25-31(28,29)23(30-16-18-7-6-14-24-15-18)12-10-20(11-13-23)19-8-4-3-5-9-19/h3-12,14-15,17,21,25H,13,16H2,1-2H3,(H,26,27). The molecule has 2 aromatic rings. The Bertz CT molecular complexity index is 1070. The van der Waals surface area contributed by atoms with Crippen molar-refractivity contribution >= 4 is 21.6 Å². The van der Waals surface area contributed by atoms with Crippen LogP contribution in [0.2, 0.25) is 0 Å². The fraction of sp³-hybridized carbons (Fsp3) is 0.304. The van der Waals surface area contributed by atoms with Gasteiger partial charge in [-0.3, -0.25) is 9.78 Å². The number of nitrogens with one attached hydrogen (secondary N) is 1. The van der Waals surface area contributed by atoms with Crippen LogP contribution in [0.1, 0.15) is 31.4 Å². The van der Waals surface area contributed by atoms with Gasteiger partial charge in [0.2, 0.25) is 15.0 Å². The van der Waals surface area contributed by atoms with Gasteiger partial charge in [0, 0.05) is 18.8 Å². The Morgan fingerprint density at radius 3 is 2.52 bits per heavy atom. The Morgan fingerprint density at radius 1 is 1.23 bits per heavy atom. The molecule has 1 aromatic heterocycles. The Morgan fingerprint density at radius 2 is 1.97 bits per heavy atom. The number of sulfonamides is 1. The molecule has 1 aromatic carbocycles. The summed E-state index contributed by atoms with van der Waals surface area (Å²) in [5, 5.41) is 9.48. The van der Waals surface area contributed by atoms with E-state index in [1.54, 1.807) is 50.5 Å². The molecule has 164 valence electrons. The highest BCUT2D eigenvalue weighted by atomic mass is 32.2. The molecule has 0 aliphatic heterocycles. The zero-order chi connectivity index (χ0) is 22.5. The lowest BCUT2D eigenvalue weighted by atomic mass is 9.98. The molecule has 2 N–H and O–H groups in total. The van der Waals surface area contributed by atoms with E-state index in [0.29, 0.717) is 5.56 Å². The first kappa shape index (κ1) is 22.9. The number of rotatable bonds is 9. The summed E-state index contributed by atoms with van der Waals surface area (Å²) in [6, 6.07) is 11.8. The van der Waals surface area contributed by atoms with Gasteiger partial charge in [-0.1, -0.05) is 62.4 Å². The first-order chi connectivity index (χ1) is 14.7. The van der Waals surface area contributed by atoms with E-state index in [1.807, 2.05) is 30.3 Å². The molecule has 2 unspecified atom stereocenters. The number of carbonyl (C=O) groups is 1. The monoisotopic (exact) mass is 442 g/mol. The molecule has 1 heterocycles. The fourth-order valence-electron chi connectivity index (χ4n) is 3.26. The third-order valence-electron chi connectivity index (χ3n) is 5.11. The second-order valence-electron chi connectivity index (χ2n) is 7.71. The maximum Gasteiger partial charge on any atom is 0.321 e. The number of ether oxygens (including phenoxy) is 1. The molecule has 0 spiro atoms. The van der Waals surface area contributed by atoms with Crippen molar-refractivity contribution in [2.24, 2.45) is 5.92 Å². The average Bonchev–Trinajstić information content (AvgIpc) is 2.77. The number of nitrogens with zero attached hydrogens (tertiary/aromatic N) is 1. The van der Waals surface area contributed by atoms with E-state index >= 15 is 0 Å². The normalized spacial score (nSPS) is 19.8. The molecule has 0 amide bonds. The number of hydrogen-bond acceptors (Lipinski definition) is 5. The number of allylic oxidation sites excluding steroid dienone is 2. The third-order valence-corrected chi connectivity index (χ3v) is 7.00. The molecule has 1 aliphatic rings. The van der Waals surface area contributed by atoms with Crippen LogP contribution >= 0.6 is 0 Å². The van der Waals surface area contributed by atoms with Crippen LogP contribution in [0.4, 0.5) is 0 Å². The van der Waals surface area contributed by atoms with Crippen molar-refractivity contribution < 1.29 is 23.1 Å². The van der Waals surface area contributed by atoms with Crippen molar-refractivity contribution in [3.05, 3.63) is 84.2 Å². The minimum absolute atomic E-state index is 0.00696. The first-order valence-electron chi connectivity index (χ1n) is 9.96. The van der Waals surface area contributed by atoms with Crippen LogP contribution in [0.25, 0.3) is 5.57 Å². The number of benzene rings is 1. The molecule has 0 radical (unpaired) electrons. The van der Waals surface area contributed by atoms with Crippen LogP contribution < -0.4 is 4.72 Å². The fourth-order valence-corrected chi connectivity index (χ4v) is 4.93. The Labute approximate surface area is 182 Å². The lowest BCUT2D eigenvalue weighted by Crippen LogP contribution is -2.54. The van der Waals surface area contributed by atoms with Crippen LogP contribution in [0.15, 0.2) is 73.1 Å². The summed E-state index contributed by atoms with van der Waals surface area (Å²) >= 11 is 0. The van der Waals surface area contributed by atoms with Crippen LogP contribution in [0.3, 0.4) is 0 Å². The molecule has 8 heteroatoms. The highest BCUT2D eigenvalue weighted by molar-refractivity contribution is 7.91. The molecule has 1 aliphatic carbocycles. The Kier molecular flexibility index (Phi) is 7.04. The van der Waals surface area contributed by atoms with Crippen molar-refractivity contribution in [3.63, 3.8) is 0 Å². The lowest BCUT2D eigenvalue weighted by Gasteiger charge is -2.34. The number of pyridine rings is 1.